The van der Waals surface area contributed by atoms with E-state index in [0.717, 1.165) is 11.3 Å². The Balaban J connectivity index is 1.98. The average Bonchev–Trinajstić information content (AvgIpc) is 2.61. The van der Waals surface area contributed by atoms with Crippen molar-refractivity contribution in [1.29, 1.82) is 0 Å². The van der Waals surface area contributed by atoms with Gasteiger partial charge in [-0.15, -0.1) is 0 Å². The number of hydrogen-bond donors (Lipinski definition) is 1. The summed E-state index contributed by atoms with van der Waals surface area (Å²) >= 11 is 0. The summed E-state index contributed by atoms with van der Waals surface area (Å²) in [7, 11) is -2.19. The van der Waals surface area contributed by atoms with Crippen LogP contribution in [0.3, 0.4) is 0 Å². The van der Waals surface area contributed by atoms with Crippen LogP contribution in [0.4, 0.5) is 11.4 Å². The van der Waals surface area contributed by atoms with Crippen molar-refractivity contribution in [3.05, 3.63) is 48.0 Å². The Morgan fingerprint density at radius 3 is 2.41 bits per heavy atom. The van der Waals surface area contributed by atoms with Crippen LogP contribution in [0.1, 0.15) is 32.8 Å². The molecule has 1 aliphatic rings. The molecule has 2 aromatic carbocycles. The largest absolute Gasteiger partial charge is 0.497 e. The molecule has 0 aliphatic carbocycles. The number of sulfonamides is 1. The first kappa shape index (κ1) is 19.2. The predicted molar refractivity (Wildman–Crippen MR) is 106 cm³/mol. The molecular formula is C20H24N2O4S. The number of nitrogens with one attached hydrogen (secondary N) is 1. The summed E-state index contributed by atoms with van der Waals surface area (Å²) in [6, 6.07) is 11.6. The molecule has 7 heteroatoms. The second kappa shape index (κ2) is 6.88. The molecule has 3 rings (SSSR count). The number of benzene rings is 2. The highest BCUT2D eigenvalue weighted by Crippen LogP contribution is 2.41. The zero-order valence-electron chi connectivity index (χ0n) is 15.9. The highest BCUT2D eigenvalue weighted by Gasteiger charge is 2.36. The molecule has 144 valence electrons. The molecule has 0 fully saturated rings. The van der Waals surface area contributed by atoms with Gasteiger partial charge in [-0.25, -0.2) is 8.42 Å². The summed E-state index contributed by atoms with van der Waals surface area (Å²) in [5.74, 6) is 0.708. The van der Waals surface area contributed by atoms with Gasteiger partial charge in [0.25, 0.3) is 10.0 Å². The molecule has 1 amide bonds. The predicted octanol–water partition coefficient (Wildman–Crippen LogP) is 3.53. The van der Waals surface area contributed by atoms with Gasteiger partial charge in [-0.05, 0) is 55.0 Å². The number of amides is 1. The maximum Gasteiger partial charge on any atom is 0.261 e. The molecule has 0 saturated heterocycles. The molecule has 1 N–H and O–H groups in total. The van der Waals surface area contributed by atoms with E-state index in [2.05, 4.69) is 4.72 Å². The molecule has 1 aliphatic heterocycles. The van der Waals surface area contributed by atoms with Gasteiger partial charge in [0.05, 0.1) is 12.0 Å². The van der Waals surface area contributed by atoms with Gasteiger partial charge in [0.1, 0.15) is 5.75 Å². The lowest BCUT2D eigenvalue weighted by molar-refractivity contribution is -0.120. The van der Waals surface area contributed by atoms with Crippen molar-refractivity contribution in [3.63, 3.8) is 0 Å². The fraction of sp³-hybridized carbons (Fsp3) is 0.350. The Bertz CT molecular complexity index is 966. The van der Waals surface area contributed by atoms with E-state index in [-0.39, 0.29) is 10.8 Å². The van der Waals surface area contributed by atoms with E-state index < -0.39 is 15.4 Å². The lowest BCUT2D eigenvalue weighted by Gasteiger charge is -2.38. The number of fused-ring (bicyclic) bond motifs is 1. The Kier molecular flexibility index (Phi) is 4.90. The van der Waals surface area contributed by atoms with Crippen molar-refractivity contribution in [3.8, 4) is 5.75 Å². The van der Waals surface area contributed by atoms with Crippen molar-refractivity contribution in [2.75, 3.05) is 23.3 Å². The van der Waals surface area contributed by atoms with Crippen molar-refractivity contribution in [1.82, 2.24) is 0 Å². The normalized spacial score (nSPS) is 16.0. The van der Waals surface area contributed by atoms with Crippen LogP contribution in [0.2, 0.25) is 0 Å². The molecule has 0 aromatic heterocycles. The van der Waals surface area contributed by atoms with Crippen LogP contribution in [-0.2, 0) is 20.2 Å². The van der Waals surface area contributed by atoms with E-state index in [1.165, 1.54) is 0 Å². The third kappa shape index (κ3) is 3.64. The van der Waals surface area contributed by atoms with Crippen LogP contribution in [0, 0.1) is 0 Å². The summed E-state index contributed by atoms with van der Waals surface area (Å²) in [6.45, 7) is 6.39. The number of carbonyl (C=O) groups is 1. The quantitative estimate of drug-likeness (QED) is 0.850. The second-order valence-electron chi connectivity index (χ2n) is 7.21. The van der Waals surface area contributed by atoms with E-state index in [9.17, 15) is 13.2 Å². The molecule has 2 aromatic rings. The van der Waals surface area contributed by atoms with Gasteiger partial charge in [0, 0.05) is 29.8 Å². The Hall–Kier alpha value is -2.54. The summed E-state index contributed by atoms with van der Waals surface area (Å²) in [5, 5.41) is 0. The standard InChI is InChI=1S/C20H24N2O4S/c1-5-22-18-11-10-16(12-17(18)20(2,3)13-19(22)23)27(24,25)21-14-6-8-15(26-4)9-7-14/h6-12,21H,5,13H2,1-4H3. The molecule has 0 radical (unpaired) electrons. The average molecular weight is 388 g/mol. The third-order valence-electron chi connectivity index (χ3n) is 4.85. The minimum atomic E-state index is -3.75. The third-order valence-corrected chi connectivity index (χ3v) is 6.23. The van der Waals surface area contributed by atoms with Gasteiger partial charge in [-0.3, -0.25) is 9.52 Å². The maximum absolute atomic E-state index is 12.8. The molecule has 0 unspecified atom stereocenters. The van der Waals surface area contributed by atoms with Gasteiger partial charge >= 0.3 is 0 Å². The molecule has 0 bridgehead atoms. The van der Waals surface area contributed by atoms with E-state index in [1.807, 2.05) is 20.8 Å². The van der Waals surface area contributed by atoms with Crippen molar-refractivity contribution < 1.29 is 17.9 Å². The van der Waals surface area contributed by atoms with Crippen LogP contribution < -0.4 is 14.4 Å². The molecular weight excluding hydrogens is 364 g/mol. The number of anilines is 2. The second-order valence-corrected chi connectivity index (χ2v) is 8.89. The fourth-order valence-corrected chi connectivity index (χ4v) is 4.47. The van der Waals surface area contributed by atoms with Gasteiger partial charge in [-0.1, -0.05) is 13.8 Å². The van der Waals surface area contributed by atoms with E-state index in [1.54, 1.807) is 54.5 Å². The number of rotatable bonds is 5. The van der Waals surface area contributed by atoms with Crippen LogP contribution in [-0.4, -0.2) is 28.0 Å². The van der Waals surface area contributed by atoms with Gasteiger partial charge in [0.2, 0.25) is 5.91 Å². The summed E-state index contributed by atoms with van der Waals surface area (Å²) < 4.78 is 33.4. The molecule has 0 atom stereocenters. The van der Waals surface area contributed by atoms with Crippen LogP contribution in [0.5, 0.6) is 5.75 Å². The van der Waals surface area contributed by atoms with E-state index in [4.69, 9.17) is 4.74 Å². The van der Waals surface area contributed by atoms with E-state index in [0.29, 0.717) is 24.4 Å². The summed E-state index contributed by atoms with van der Waals surface area (Å²) in [5.41, 5.74) is 1.67. The Morgan fingerprint density at radius 2 is 1.81 bits per heavy atom. The zero-order chi connectivity index (χ0) is 19.8. The highest BCUT2D eigenvalue weighted by atomic mass is 32.2. The number of methoxy groups -OCH3 is 1. The van der Waals surface area contributed by atoms with Crippen LogP contribution in [0.15, 0.2) is 47.4 Å². The number of carbonyl (C=O) groups excluding carboxylic acids is 1. The monoisotopic (exact) mass is 388 g/mol. The lowest BCUT2D eigenvalue weighted by atomic mass is 9.77. The van der Waals surface area contributed by atoms with E-state index >= 15 is 0 Å². The lowest BCUT2D eigenvalue weighted by Crippen LogP contribution is -2.41. The zero-order valence-corrected chi connectivity index (χ0v) is 16.8. The van der Waals surface area contributed by atoms with Crippen LogP contribution >= 0.6 is 0 Å². The Labute approximate surface area is 160 Å². The fourth-order valence-electron chi connectivity index (χ4n) is 3.38. The molecule has 27 heavy (non-hydrogen) atoms. The molecule has 0 spiro atoms. The molecule has 1 heterocycles. The first-order valence-electron chi connectivity index (χ1n) is 8.80. The topological polar surface area (TPSA) is 75.7 Å². The maximum atomic E-state index is 12.8. The van der Waals surface area contributed by atoms with Gasteiger partial charge in [0.15, 0.2) is 0 Å². The minimum Gasteiger partial charge on any atom is -0.497 e. The smallest absolute Gasteiger partial charge is 0.261 e. The van der Waals surface area contributed by atoms with Crippen LogP contribution in [0.25, 0.3) is 0 Å². The van der Waals surface area contributed by atoms with Crippen molar-refractivity contribution >= 4 is 27.3 Å². The molecule has 0 saturated carbocycles. The SMILES string of the molecule is CCN1C(=O)CC(C)(C)c2cc(S(=O)(=O)Nc3ccc(OC)cc3)ccc21. The van der Waals surface area contributed by atoms with Gasteiger partial charge in [-0.2, -0.15) is 0 Å². The highest BCUT2D eigenvalue weighted by molar-refractivity contribution is 7.92. The first-order valence-corrected chi connectivity index (χ1v) is 10.3. The van der Waals surface area contributed by atoms with Crippen molar-refractivity contribution in [2.24, 2.45) is 0 Å². The first-order chi connectivity index (χ1) is 12.7. The number of ether oxygens (including phenoxy) is 1. The Morgan fingerprint density at radius 1 is 1.15 bits per heavy atom. The van der Waals surface area contributed by atoms with Gasteiger partial charge < -0.3 is 9.64 Å². The van der Waals surface area contributed by atoms with Crippen molar-refractivity contribution in [2.45, 2.75) is 37.5 Å². The molecule has 6 nitrogen and oxygen atoms in total. The number of nitrogens with zero attached hydrogens (tertiary/aromatic N) is 1. The summed E-state index contributed by atoms with van der Waals surface area (Å²) in [4.78, 5) is 14.2. The number of hydrogen-bond acceptors (Lipinski definition) is 4. The minimum absolute atomic E-state index is 0.0574. The summed E-state index contributed by atoms with van der Waals surface area (Å²) in [6.07, 6.45) is 0.350.